The first-order valence-electron chi connectivity index (χ1n) is 8.28. The van der Waals surface area contributed by atoms with Crippen LogP contribution in [-0.2, 0) is 14.3 Å². The number of amides is 1. The van der Waals surface area contributed by atoms with E-state index in [1.807, 2.05) is 0 Å². The maximum absolute atomic E-state index is 12.2. The third-order valence-electron chi connectivity index (χ3n) is 3.32. The summed E-state index contributed by atoms with van der Waals surface area (Å²) in [6.45, 7) is 2.85. The van der Waals surface area contributed by atoms with Gasteiger partial charge >= 0.3 is 11.9 Å². The predicted molar refractivity (Wildman–Crippen MR) is 107 cm³/mol. The molecule has 11 heteroatoms. The lowest BCUT2D eigenvalue weighted by atomic mass is 10.1. The molecule has 150 valence electrons. The van der Waals surface area contributed by atoms with E-state index >= 15 is 0 Å². The number of hydrogen-bond donors (Lipinski definition) is 2. The van der Waals surface area contributed by atoms with Crippen LogP contribution in [0.25, 0.3) is 0 Å². The van der Waals surface area contributed by atoms with E-state index in [2.05, 4.69) is 37.2 Å². The number of thioether (sulfide) groups is 1. The van der Waals surface area contributed by atoms with Crippen LogP contribution in [-0.4, -0.2) is 54.6 Å². The molecule has 0 bridgehead atoms. The van der Waals surface area contributed by atoms with Gasteiger partial charge in [0.15, 0.2) is 4.34 Å². The third-order valence-corrected chi connectivity index (χ3v) is 5.33. The van der Waals surface area contributed by atoms with Gasteiger partial charge in [0.05, 0.1) is 31.1 Å². The van der Waals surface area contributed by atoms with Gasteiger partial charge in [-0.25, -0.2) is 9.59 Å². The summed E-state index contributed by atoms with van der Waals surface area (Å²) in [5, 5.41) is 14.5. The molecule has 2 N–H and O–H groups in total. The molecule has 1 aromatic heterocycles. The molecule has 1 aromatic carbocycles. The number of anilines is 2. The number of esters is 2. The average molecular weight is 425 g/mol. The Balaban J connectivity index is 2.02. The van der Waals surface area contributed by atoms with Gasteiger partial charge in [0, 0.05) is 12.2 Å². The third kappa shape index (κ3) is 6.20. The number of ether oxygens (including phenoxy) is 2. The summed E-state index contributed by atoms with van der Waals surface area (Å²) in [5.41, 5.74) is 0.546. The second-order valence-corrected chi connectivity index (χ2v) is 7.62. The summed E-state index contributed by atoms with van der Waals surface area (Å²) in [6.07, 6.45) is 0.975. The Kier molecular flexibility index (Phi) is 8.20. The van der Waals surface area contributed by atoms with Crippen LogP contribution in [0.5, 0.6) is 0 Å². The quantitative estimate of drug-likeness (QED) is 0.462. The van der Waals surface area contributed by atoms with E-state index in [0.717, 1.165) is 13.0 Å². The van der Waals surface area contributed by atoms with Gasteiger partial charge in [-0.15, -0.1) is 10.2 Å². The van der Waals surface area contributed by atoms with Gasteiger partial charge in [-0.1, -0.05) is 30.0 Å². The molecule has 1 amide bonds. The van der Waals surface area contributed by atoms with Crippen molar-refractivity contribution >= 4 is 51.8 Å². The minimum atomic E-state index is -0.628. The highest BCUT2D eigenvalue weighted by atomic mass is 32.2. The van der Waals surface area contributed by atoms with E-state index in [-0.39, 0.29) is 28.5 Å². The molecule has 0 fully saturated rings. The molecule has 9 nitrogen and oxygen atoms in total. The number of nitrogens with one attached hydrogen (secondary N) is 2. The number of carbonyl (C=O) groups is 3. The fraction of sp³-hybridized carbons (Fsp3) is 0.353. The number of hydrogen-bond acceptors (Lipinski definition) is 10. The van der Waals surface area contributed by atoms with Gasteiger partial charge in [-0.05, 0) is 24.6 Å². The molecule has 0 aliphatic carbocycles. The molecule has 0 spiro atoms. The van der Waals surface area contributed by atoms with Gasteiger partial charge in [0.25, 0.3) is 0 Å². The number of carbonyl (C=O) groups excluding carboxylic acids is 3. The molecule has 2 rings (SSSR count). The molecular formula is C17H20N4O5S2. The van der Waals surface area contributed by atoms with Crippen molar-refractivity contribution in [3.05, 3.63) is 29.3 Å². The second-order valence-electron chi connectivity index (χ2n) is 5.42. The van der Waals surface area contributed by atoms with Crippen molar-refractivity contribution in [2.24, 2.45) is 0 Å². The van der Waals surface area contributed by atoms with E-state index in [1.165, 1.54) is 55.5 Å². The van der Waals surface area contributed by atoms with Crippen LogP contribution in [0.4, 0.5) is 10.8 Å². The van der Waals surface area contributed by atoms with Crippen molar-refractivity contribution in [3.63, 3.8) is 0 Å². The lowest BCUT2D eigenvalue weighted by Crippen LogP contribution is -2.16. The first kappa shape index (κ1) is 21.6. The number of benzene rings is 1. The summed E-state index contributed by atoms with van der Waals surface area (Å²) in [6, 6.07) is 4.20. The monoisotopic (exact) mass is 424 g/mol. The zero-order valence-electron chi connectivity index (χ0n) is 15.6. The normalized spacial score (nSPS) is 10.2. The first-order valence-corrected chi connectivity index (χ1v) is 10.1. The zero-order chi connectivity index (χ0) is 20.5. The minimum Gasteiger partial charge on any atom is -0.465 e. The van der Waals surface area contributed by atoms with Gasteiger partial charge in [-0.3, -0.25) is 4.79 Å². The maximum Gasteiger partial charge on any atom is 0.337 e. The SMILES string of the molecule is CCCNc1nnc(SCC(=O)Nc2cc(C(=O)OC)cc(C(=O)OC)c2)s1. The molecule has 0 saturated carbocycles. The fourth-order valence-corrected chi connectivity index (χ4v) is 3.64. The van der Waals surface area contributed by atoms with Crippen molar-refractivity contribution in [2.75, 3.05) is 37.2 Å². The van der Waals surface area contributed by atoms with E-state index in [1.54, 1.807) is 0 Å². The molecule has 0 atom stereocenters. The molecule has 1 heterocycles. The van der Waals surface area contributed by atoms with E-state index in [9.17, 15) is 14.4 Å². The Morgan fingerprint density at radius 2 is 1.71 bits per heavy atom. The molecular weight excluding hydrogens is 404 g/mol. The summed E-state index contributed by atoms with van der Waals surface area (Å²) in [5.74, 6) is -1.48. The lowest BCUT2D eigenvalue weighted by molar-refractivity contribution is -0.113. The summed E-state index contributed by atoms with van der Waals surface area (Å²) in [7, 11) is 2.46. The zero-order valence-corrected chi connectivity index (χ0v) is 17.2. The standard InChI is InChI=1S/C17H20N4O5S2/c1-4-5-18-16-20-21-17(28-16)27-9-13(22)19-12-7-10(14(23)25-2)6-11(8-12)15(24)26-3/h6-8H,4-5,9H2,1-3H3,(H,18,20)(H,19,22). The largest absolute Gasteiger partial charge is 0.465 e. The smallest absolute Gasteiger partial charge is 0.337 e. The Labute approximate surface area is 170 Å². The highest BCUT2D eigenvalue weighted by Crippen LogP contribution is 2.25. The van der Waals surface area contributed by atoms with Crippen molar-refractivity contribution < 1.29 is 23.9 Å². The highest BCUT2D eigenvalue weighted by molar-refractivity contribution is 8.01. The molecule has 28 heavy (non-hydrogen) atoms. The van der Waals surface area contributed by atoms with E-state index in [0.29, 0.717) is 9.47 Å². The molecule has 0 aliphatic heterocycles. The van der Waals surface area contributed by atoms with Crippen LogP contribution in [0, 0.1) is 0 Å². The van der Waals surface area contributed by atoms with E-state index in [4.69, 9.17) is 0 Å². The van der Waals surface area contributed by atoms with Crippen LogP contribution in [0.2, 0.25) is 0 Å². The summed E-state index contributed by atoms with van der Waals surface area (Å²) in [4.78, 5) is 35.8. The van der Waals surface area contributed by atoms with Crippen molar-refractivity contribution in [1.29, 1.82) is 0 Å². The van der Waals surface area contributed by atoms with Gasteiger partial charge in [0.2, 0.25) is 11.0 Å². The number of nitrogens with zero attached hydrogens (tertiary/aromatic N) is 2. The van der Waals surface area contributed by atoms with E-state index < -0.39 is 11.9 Å². The first-order chi connectivity index (χ1) is 13.5. The van der Waals surface area contributed by atoms with Crippen LogP contribution < -0.4 is 10.6 Å². The van der Waals surface area contributed by atoms with Crippen molar-refractivity contribution in [3.8, 4) is 0 Å². The molecule has 0 saturated heterocycles. The Morgan fingerprint density at radius 3 is 2.29 bits per heavy atom. The Bertz CT molecular complexity index is 822. The number of aromatic nitrogens is 2. The van der Waals surface area contributed by atoms with Gasteiger partial charge in [0.1, 0.15) is 0 Å². The highest BCUT2D eigenvalue weighted by Gasteiger charge is 2.15. The lowest BCUT2D eigenvalue weighted by Gasteiger charge is -2.09. The number of rotatable bonds is 9. The van der Waals surface area contributed by atoms with Crippen LogP contribution >= 0.6 is 23.1 Å². The van der Waals surface area contributed by atoms with Gasteiger partial charge < -0.3 is 20.1 Å². The molecule has 0 radical (unpaired) electrons. The summed E-state index contributed by atoms with van der Waals surface area (Å²) >= 11 is 2.61. The summed E-state index contributed by atoms with van der Waals surface area (Å²) < 4.78 is 10.0. The number of methoxy groups -OCH3 is 2. The maximum atomic E-state index is 12.2. The molecule has 0 aliphatic rings. The van der Waals surface area contributed by atoms with Crippen molar-refractivity contribution in [1.82, 2.24) is 10.2 Å². The molecule has 0 unspecified atom stereocenters. The van der Waals surface area contributed by atoms with Crippen LogP contribution in [0.15, 0.2) is 22.5 Å². The Hall–Kier alpha value is -2.66. The predicted octanol–water partition coefficient (Wildman–Crippen LogP) is 2.66. The minimum absolute atomic E-state index is 0.0957. The molecule has 2 aromatic rings. The average Bonchev–Trinajstić information content (AvgIpc) is 3.17. The van der Waals surface area contributed by atoms with Crippen LogP contribution in [0.3, 0.4) is 0 Å². The topological polar surface area (TPSA) is 120 Å². The van der Waals surface area contributed by atoms with Crippen LogP contribution in [0.1, 0.15) is 34.1 Å². The fourth-order valence-electron chi connectivity index (χ4n) is 2.07. The second kappa shape index (κ2) is 10.6. The van der Waals surface area contributed by atoms with Gasteiger partial charge in [-0.2, -0.15) is 0 Å². The Morgan fingerprint density at radius 1 is 1.07 bits per heavy atom. The van der Waals surface area contributed by atoms with Crippen molar-refractivity contribution in [2.45, 2.75) is 17.7 Å².